The lowest BCUT2D eigenvalue weighted by molar-refractivity contribution is 0.570. The highest BCUT2D eigenvalue weighted by molar-refractivity contribution is 9.08. The van der Waals surface area contributed by atoms with Crippen molar-refractivity contribution in [2.24, 2.45) is 5.92 Å². The third kappa shape index (κ3) is 4.18. The molecule has 1 nitrogen and oxygen atoms in total. The van der Waals surface area contributed by atoms with Gasteiger partial charge in [0.05, 0.1) is 0 Å². The molecule has 0 aromatic heterocycles. The topological polar surface area (TPSA) is 3.24 Å². The predicted molar refractivity (Wildman–Crippen MR) is 81.4 cm³/mol. The molecular formula is C14H21BrClN. The predicted octanol–water partition coefficient (Wildman–Crippen LogP) is 5.11. The van der Waals surface area contributed by atoms with E-state index in [9.17, 15) is 0 Å². The van der Waals surface area contributed by atoms with Gasteiger partial charge >= 0.3 is 0 Å². The third-order valence-electron chi connectivity index (χ3n) is 2.69. The number of hydrogen-bond donors (Lipinski definition) is 0. The molecule has 0 radical (unpaired) electrons. The van der Waals surface area contributed by atoms with Crippen molar-refractivity contribution in [2.75, 3.05) is 11.4 Å². The minimum absolute atomic E-state index is 0.480. The Kier molecular flexibility index (Phi) is 5.81. The smallest absolute Gasteiger partial charge is 0.0426 e. The van der Waals surface area contributed by atoms with Crippen LogP contribution in [0.4, 0.5) is 5.69 Å². The lowest BCUT2D eigenvalue weighted by Crippen LogP contribution is -2.34. The summed E-state index contributed by atoms with van der Waals surface area (Å²) in [5.74, 6) is 0.638. The first-order valence-electron chi connectivity index (χ1n) is 6.06. The van der Waals surface area contributed by atoms with Crippen molar-refractivity contribution in [1.82, 2.24) is 0 Å². The minimum atomic E-state index is 0.480. The third-order valence-corrected chi connectivity index (χ3v) is 3.53. The van der Waals surface area contributed by atoms with Gasteiger partial charge < -0.3 is 4.90 Å². The Bertz CT molecular complexity index is 363. The Balaban J connectivity index is 3.11. The highest BCUT2D eigenvalue weighted by atomic mass is 79.9. The molecule has 0 saturated carbocycles. The van der Waals surface area contributed by atoms with Gasteiger partial charge in [0.1, 0.15) is 0 Å². The van der Waals surface area contributed by atoms with Crippen LogP contribution >= 0.6 is 27.5 Å². The second-order valence-electron chi connectivity index (χ2n) is 5.05. The summed E-state index contributed by atoms with van der Waals surface area (Å²) in [6.45, 7) is 9.99. The Morgan fingerprint density at radius 2 is 1.88 bits per heavy atom. The summed E-state index contributed by atoms with van der Waals surface area (Å²) in [7, 11) is 0. The van der Waals surface area contributed by atoms with Crippen LogP contribution in [0.5, 0.6) is 0 Å². The largest absolute Gasteiger partial charge is 0.369 e. The zero-order valence-electron chi connectivity index (χ0n) is 11.0. The van der Waals surface area contributed by atoms with Crippen molar-refractivity contribution in [2.45, 2.75) is 39.1 Å². The first-order chi connectivity index (χ1) is 7.95. The van der Waals surface area contributed by atoms with Crippen LogP contribution in [-0.2, 0) is 5.33 Å². The fourth-order valence-electron chi connectivity index (χ4n) is 1.90. The van der Waals surface area contributed by atoms with E-state index in [0.29, 0.717) is 12.0 Å². The van der Waals surface area contributed by atoms with Crippen molar-refractivity contribution in [3.05, 3.63) is 28.8 Å². The van der Waals surface area contributed by atoms with E-state index >= 15 is 0 Å². The zero-order chi connectivity index (χ0) is 13.0. The fourth-order valence-corrected chi connectivity index (χ4v) is 2.54. The van der Waals surface area contributed by atoms with E-state index in [0.717, 1.165) is 16.9 Å². The molecule has 0 fully saturated rings. The zero-order valence-corrected chi connectivity index (χ0v) is 13.3. The second kappa shape index (κ2) is 6.65. The van der Waals surface area contributed by atoms with Crippen molar-refractivity contribution in [1.29, 1.82) is 0 Å². The van der Waals surface area contributed by atoms with Gasteiger partial charge in [0.15, 0.2) is 0 Å². The molecule has 1 aromatic rings. The molecule has 0 aliphatic rings. The normalized spacial score (nSPS) is 11.3. The standard InChI is InChI=1S/C14H21BrClN/c1-10(2)9-17(11(3)4)14-7-13(16)6-5-12(14)8-15/h5-7,10-11H,8-9H2,1-4H3. The quantitative estimate of drug-likeness (QED) is 0.682. The van der Waals surface area contributed by atoms with E-state index in [1.807, 2.05) is 6.07 Å². The summed E-state index contributed by atoms with van der Waals surface area (Å²) in [4.78, 5) is 2.42. The minimum Gasteiger partial charge on any atom is -0.369 e. The van der Waals surface area contributed by atoms with Crippen LogP contribution in [0.1, 0.15) is 33.3 Å². The lowest BCUT2D eigenvalue weighted by Gasteiger charge is -2.32. The van der Waals surface area contributed by atoms with Crippen molar-refractivity contribution < 1.29 is 0 Å². The second-order valence-corrected chi connectivity index (χ2v) is 6.04. The van der Waals surface area contributed by atoms with Gasteiger partial charge in [0.2, 0.25) is 0 Å². The van der Waals surface area contributed by atoms with Crippen LogP contribution in [0.25, 0.3) is 0 Å². The van der Waals surface area contributed by atoms with E-state index in [2.05, 4.69) is 60.7 Å². The van der Waals surface area contributed by atoms with Gasteiger partial charge in [-0.1, -0.05) is 47.4 Å². The van der Waals surface area contributed by atoms with E-state index in [-0.39, 0.29) is 0 Å². The van der Waals surface area contributed by atoms with Crippen molar-refractivity contribution in [3.8, 4) is 0 Å². The van der Waals surface area contributed by atoms with E-state index in [1.165, 1.54) is 11.3 Å². The molecule has 96 valence electrons. The summed E-state index contributed by atoms with van der Waals surface area (Å²) < 4.78 is 0. The van der Waals surface area contributed by atoms with Gasteiger partial charge in [0.25, 0.3) is 0 Å². The summed E-state index contributed by atoms with van der Waals surface area (Å²) in [5.41, 5.74) is 2.54. The Labute approximate surface area is 118 Å². The molecule has 0 N–H and O–H groups in total. The molecule has 0 unspecified atom stereocenters. The number of hydrogen-bond acceptors (Lipinski definition) is 1. The molecule has 0 saturated heterocycles. The van der Waals surface area contributed by atoms with Gasteiger partial charge in [-0.2, -0.15) is 0 Å². The van der Waals surface area contributed by atoms with E-state index < -0.39 is 0 Å². The maximum atomic E-state index is 6.12. The van der Waals surface area contributed by atoms with Crippen LogP contribution in [0, 0.1) is 5.92 Å². The molecule has 0 aliphatic heterocycles. The molecule has 3 heteroatoms. The number of nitrogens with zero attached hydrogens (tertiary/aromatic N) is 1. The molecule has 1 aromatic carbocycles. The fraction of sp³-hybridized carbons (Fsp3) is 0.571. The SMILES string of the molecule is CC(C)CN(c1cc(Cl)ccc1CBr)C(C)C. The first kappa shape index (κ1) is 14.8. The summed E-state index contributed by atoms with van der Waals surface area (Å²) in [6.07, 6.45) is 0. The van der Waals surface area contributed by atoms with Crippen LogP contribution < -0.4 is 4.90 Å². The number of benzene rings is 1. The van der Waals surface area contributed by atoms with Gasteiger partial charge in [0, 0.05) is 28.6 Å². The Hall–Kier alpha value is -0.210. The summed E-state index contributed by atoms with van der Waals surface area (Å²) in [6, 6.07) is 6.60. The monoisotopic (exact) mass is 317 g/mol. The molecule has 1 rings (SSSR count). The van der Waals surface area contributed by atoms with Gasteiger partial charge in [-0.25, -0.2) is 0 Å². The van der Waals surface area contributed by atoms with Crippen LogP contribution in [0.3, 0.4) is 0 Å². The highest BCUT2D eigenvalue weighted by Gasteiger charge is 2.15. The number of alkyl halides is 1. The summed E-state index contributed by atoms with van der Waals surface area (Å²) >= 11 is 9.66. The van der Waals surface area contributed by atoms with Crippen LogP contribution in [0.2, 0.25) is 5.02 Å². The average molecular weight is 319 g/mol. The number of halogens is 2. The maximum absolute atomic E-state index is 6.12. The maximum Gasteiger partial charge on any atom is 0.0426 e. The number of anilines is 1. The van der Waals surface area contributed by atoms with Crippen molar-refractivity contribution in [3.63, 3.8) is 0 Å². The molecular weight excluding hydrogens is 298 g/mol. The Morgan fingerprint density at radius 1 is 1.24 bits per heavy atom. The Morgan fingerprint density at radius 3 is 2.35 bits per heavy atom. The molecule has 0 heterocycles. The van der Waals surface area contributed by atoms with Crippen molar-refractivity contribution >= 4 is 33.2 Å². The summed E-state index contributed by atoms with van der Waals surface area (Å²) in [5, 5.41) is 1.67. The van der Waals surface area contributed by atoms with E-state index in [4.69, 9.17) is 11.6 Å². The first-order valence-corrected chi connectivity index (χ1v) is 7.56. The number of rotatable bonds is 5. The molecule has 0 spiro atoms. The lowest BCUT2D eigenvalue weighted by atomic mass is 10.1. The van der Waals surface area contributed by atoms with Crippen LogP contribution in [-0.4, -0.2) is 12.6 Å². The average Bonchev–Trinajstić information content (AvgIpc) is 2.25. The molecule has 0 amide bonds. The molecule has 0 atom stereocenters. The van der Waals surface area contributed by atoms with Gasteiger partial charge in [-0.05, 0) is 37.5 Å². The highest BCUT2D eigenvalue weighted by Crippen LogP contribution is 2.28. The van der Waals surface area contributed by atoms with Crippen LogP contribution in [0.15, 0.2) is 18.2 Å². The van der Waals surface area contributed by atoms with E-state index in [1.54, 1.807) is 0 Å². The van der Waals surface area contributed by atoms with Gasteiger partial charge in [-0.3, -0.25) is 0 Å². The van der Waals surface area contributed by atoms with Gasteiger partial charge in [-0.15, -0.1) is 0 Å². The molecule has 0 bridgehead atoms. The molecule has 17 heavy (non-hydrogen) atoms. The molecule has 0 aliphatic carbocycles.